The Morgan fingerprint density at radius 3 is 2.43 bits per heavy atom. The Hall–Kier alpha value is -3.45. The van der Waals surface area contributed by atoms with Crippen molar-refractivity contribution in [3.8, 4) is 5.69 Å². The number of amides is 2. The molecule has 0 aliphatic heterocycles. The Balaban J connectivity index is 1.73. The quantitative estimate of drug-likeness (QED) is 0.461. The van der Waals surface area contributed by atoms with E-state index in [2.05, 4.69) is 15.8 Å². The number of anilines is 1. The van der Waals surface area contributed by atoms with Gasteiger partial charge in [0.2, 0.25) is 5.91 Å². The topological polar surface area (TPSA) is 75.5 Å². The fraction of sp³-hybridized carbons (Fsp3) is 0.136. The van der Waals surface area contributed by atoms with Gasteiger partial charge in [0.1, 0.15) is 5.82 Å². The molecule has 0 bridgehead atoms. The Bertz CT molecular complexity index is 1140. The lowest BCUT2D eigenvalue weighted by atomic mass is 10.2. The Kier molecular flexibility index (Phi) is 6.32. The van der Waals surface area contributed by atoms with Crippen molar-refractivity contribution in [3.05, 3.63) is 81.9 Å². The smallest absolute Gasteiger partial charge is 0.271 e. The third kappa shape index (κ3) is 4.75. The maximum absolute atomic E-state index is 13.5. The fourth-order valence-corrected chi connectivity index (χ4v) is 3.25. The summed E-state index contributed by atoms with van der Waals surface area (Å²) in [5, 5.41) is 6.72. The Labute approximate surface area is 178 Å². The van der Waals surface area contributed by atoms with Crippen molar-refractivity contribution in [3.63, 3.8) is 0 Å². The Morgan fingerprint density at radius 1 is 1.10 bits per heavy atom. The first kappa shape index (κ1) is 21.3. The minimum atomic E-state index is -0.475. The first-order valence-corrected chi connectivity index (χ1v) is 9.49. The van der Waals surface area contributed by atoms with Crippen LogP contribution in [0.2, 0.25) is 5.02 Å². The van der Waals surface area contributed by atoms with Gasteiger partial charge in [0, 0.05) is 40.8 Å². The summed E-state index contributed by atoms with van der Waals surface area (Å²) >= 11 is 5.90. The lowest BCUT2D eigenvalue weighted by Gasteiger charge is -2.10. The molecule has 30 heavy (non-hydrogen) atoms. The zero-order valence-corrected chi connectivity index (χ0v) is 17.4. The van der Waals surface area contributed by atoms with Gasteiger partial charge >= 0.3 is 0 Å². The Morgan fingerprint density at radius 2 is 1.80 bits per heavy atom. The molecule has 0 saturated heterocycles. The monoisotopic (exact) mass is 426 g/mol. The van der Waals surface area contributed by atoms with Crippen molar-refractivity contribution >= 4 is 35.3 Å². The first-order chi connectivity index (χ1) is 14.3. The van der Waals surface area contributed by atoms with Gasteiger partial charge in [-0.2, -0.15) is 5.10 Å². The second kappa shape index (κ2) is 8.92. The van der Waals surface area contributed by atoms with Crippen LogP contribution in [0.5, 0.6) is 0 Å². The predicted octanol–water partition coefficient (Wildman–Crippen LogP) is 4.61. The number of aromatic nitrogens is 1. The highest BCUT2D eigenvalue weighted by Gasteiger charge is 2.11. The minimum Gasteiger partial charge on any atom is -0.326 e. The number of nitrogens with one attached hydrogen (secondary N) is 2. The SMILES string of the molecule is CC(=O)Nc1ccc(C(=O)N/N=C\c2cc(C)n(-c3ccc(F)c(Cl)c3)c2C)cc1. The van der Waals surface area contributed by atoms with Gasteiger partial charge in [0.25, 0.3) is 5.91 Å². The lowest BCUT2D eigenvalue weighted by Crippen LogP contribution is -2.17. The molecular formula is C22H20ClFN4O2. The highest BCUT2D eigenvalue weighted by molar-refractivity contribution is 6.30. The van der Waals surface area contributed by atoms with Crippen LogP contribution in [-0.2, 0) is 4.79 Å². The molecule has 3 aromatic rings. The summed E-state index contributed by atoms with van der Waals surface area (Å²) < 4.78 is 15.4. The van der Waals surface area contributed by atoms with Crippen molar-refractivity contribution in [2.24, 2.45) is 5.10 Å². The van der Waals surface area contributed by atoms with Gasteiger partial charge in [-0.1, -0.05) is 11.6 Å². The zero-order chi connectivity index (χ0) is 21.8. The molecule has 1 aromatic heterocycles. The van der Waals surface area contributed by atoms with Crippen molar-refractivity contribution in [2.75, 3.05) is 5.32 Å². The molecule has 0 saturated carbocycles. The molecule has 0 aliphatic rings. The molecule has 2 aromatic carbocycles. The van der Waals surface area contributed by atoms with E-state index in [1.807, 2.05) is 24.5 Å². The summed E-state index contributed by atoms with van der Waals surface area (Å²) in [7, 11) is 0. The number of halogens is 2. The second-order valence-corrected chi connectivity index (χ2v) is 7.13. The number of rotatable bonds is 5. The van der Waals surface area contributed by atoms with Gasteiger partial charge in [-0.3, -0.25) is 9.59 Å². The normalized spacial score (nSPS) is 11.0. The van der Waals surface area contributed by atoms with E-state index < -0.39 is 5.82 Å². The number of nitrogens with zero attached hydrogens (tertiary/aromatic N) is 2. The van der Waals surface area contributed by atoms with E-state index in [1.54, 1.807) is 42.6 Å². The van der Waals surface area contributed by atoms with Crippen molar-refractivity contribution < 1.29 is 14.0 Å². The van der Waals surface area contributed by atoms with Crippen LogP contribution in [-0.4, -0.2) is 22.6 Å². The molecule has 2 N–H and O–H groups in total. The summed E-state index contributed by atoms with van der Waals surface area (Å²) in [6.07, 6.45) is 1.55. The van der Waals surface area contributed by atoms with Crippen LogP contribution in [0.15, 0.2) is 53.6 Å². The summed E-state index contributed by atoms with van der Waals surface area (Å²) in [6, 6.07) is 12.9. The van der Waals surface area contributed by atoms with E-state index in [1.165, 1.54) is 13.0 Å². The van der Waals surface area contributed by atoms with Crippen LogP contribution in [0.4, 0.5) is 10.1 Å². The van der Waals surface area contributed by atoms with E-state index in [0.717, 1.165) is 22.6 Å². The molecule has 0 fully saturated rings. The largest absolute Gasteiger partial charge is 0.326 e. The minimum absolute atomic E-state index is 0.0481. The van der Waals surface area contributed by atoms with Gasteiger partial charge in [0.05, 0.1) is 11.2 Å². The van der Waals surface area contributed by atoms with E-state index in [9.17, 15) is 14.0 Å². The molecule has 6 nitrogen and oxygen atoms in total. The molecule has 2 amide bonds. The van der Waals surface area contributed by atoms with E-state index in [-0.39, 0.29) is 16.8 Å². The van der Waals surface area contributed by atoms with Crippen LogP contribution in [0.25, 0.3) is 5.69 Å². The van der Waals surface area contributed by atoms with Crippen LogP contribution >= 0.6 is 11.6 Å². The van der Waals surface area contributed by atoms with Crippen LogP contribution < -0.4 is 10.7 Å². The van der Waals surface area contributed by atoms with Gasteiger partial charge in [-0.15, -0.1) is 0 Å². The van der Waals surface area contributed by atoms with Crippen molar-refractivity contribution in [1.82, 2.24) is 9.99 Å². The van der Waals surface area contributed by atoms with Crippen molar-refractivity contribution in [2.45, 2.75) is 20.8 Å². The molecule has 0 atom stereocenters. The molecule has 0 aliphatic carbocycles. The molecule has 0 unspecified atom stereocenters. The number of benzene rings is 2. The molecule has 3 rings (SSSR count). The van der Waals surface area contributed by atoms with Crippen LogP contribution in [0.3, 0.4) is 0 Å². The molecule has 0 radical (unpaired) electrons. The summed E-state index contributed by atoms with van der Waals surface area (Å²) in [5.41, 5.74) is 6.82. The number of carbonyl (C=O) groups excluding carboxylic acids is 2. The molecule has 0 spiro atoms. The lowest BCUT2D eigenvalue weighted by molar-refractivity contribution is -0.114. The molecule has 1 heterocycles. The van der Waals surface area contributed by atoms with Crippen LogP contribution in [0.1, 0.15) is 34.2 Å². The summed E-state index contributed by atoms with van der Waals surface area (Å²) in [5.74, 6) is -1.03. The van der Waals surface area contributed by atoms with Crippen LogP contribution in [0, 0.1) is 19.7 Å². The number of carbonyl (C=O) groups is 2. The zero-order valence-electron chi connectivity index (χ0n) is 16.7. The summed E-state index contributed by atoms with van der Waals surface area (Å²) in [6.45, 7) is 5.22. The van der Waals surface area contributed by atoms with Gasteiger partial charge in [0.15, 0.2) is 0 Å². The number of hydrogen-bond donors (Lipinski definition) is 2. The molecule has 154 valence electrons. The van der Waals surface area contributed by atoms with Crippen molar-refractivity contribution in [1.29, 1.82) is 0 Å². The maximum Gasteiger partial charge on any atom is 0.271 e. The number of hydrazone groups is 1. The molecule has 8 heteroatoms. The van der Waals surface area contributed by atoms with Gasteiger partial charge in [-0.25, -0.2) is 9.82 Å². The van der Waals surface area contributed by atoms with E-state index >= 15 is 0 Å². The number of aryl methyl sites for hydroxylation is 1. The number of hydrogen-bond acceptors (Lipinski definition) is 3. The van der Waals surface area contributed by atoms with Gasteiger partial charge < -0.3 is 9.88 Å². The van der Waals surface area contributed by atoms with E-state index in [0.29, 0.717) is 11.3 Å². The average Bonchev–Trinajstić information content (AvgIpc) is 2.97. The second-order valence-electron chi connectivity index (χ2n) is 6.72. The third-order valence-corrected chi connectivity index (χ3v) is 4.76. The third-order valence-electron chi connectivity index (χ3n) is 4.47. The maximum atomic E-state index is 13.5. The van der Waals surface area contributed by atoms with Gasteiger partial charge in [-0.05, 0) is 62.4 Å². The fourth-order valence-electron chi connectivity index (χ4n) is 3.07. The molecular weight excluding hydrogens is 407 g/mol. The highest BCUT2D eigenvalue weighted by Crippen LogP contribution is 2.24. The first-order valence-electron chi connectivity index (χ1n) is 9.11. The van der Waals surface area contributed by atoms with E-state index in [4.69, 9.17) is 11.6 Å². The predicted molar refractivity (Wildman–Crippen MR) is 116 cm³/mol. The average molecular weight is 427 g/mol. The highest BCUT2D eigenvalue weighted by atomic mass is 35.5. The summed E-state index contributed by atoms with van der Waals surface area (Å²) in [4.78, 5) is 23.3. The standard InChI is InChI=1S/C22H20ClFN4O2/c1-13-10-17(14(2)28(13)19-8-9-21(24)20(23)11-19)12-25-27-22(30)16-4-6-18(7-5-16)26-15(3)29/h4-12H,1-3H3,(H,26,29)(H,27,30)/b25-12-.